The molecule has 0 unspecified atom stereocenters. The molecule has 1 aromatic carbocycles. The van der Waals surface area contributed by atoms with Crippen molar-refractivity contribution >= 4 is 6.03 Å². The minimum absolute atomic E-state index is 0.189. The van der Waals surface area contributed by atoms with Gasteiger partial charge in [0, 0.05) is 39.3 Å². The average Bonchev–Trinajstić information content (AvgIpc) is 3.15. The molecular weight excluding hydrogens is 316 g/mol. The van der Waals surface area contributed by atoms with Crippen molar-refractivity contribution in [2.45, 2.75) is 19.6 Å². The molecule has 6 nitrogen and oxygen atoms in total. The first-order valence-corrected chi connectivity index (χ1v) is 8.72. The van der Waals surface area contributed by atoms with Gasteiger partial charge in [-0.25, -0.2) is 4.79 Å². The summed E-state index contributed by atoms with van der Waals surface area (Å²) in [6, 6.07) is 11.8. The number of rotatable bonds is 6. The van der Waals surface area contributed by atoms with E-state index < -0.39 is 0 Å². The third kappa shape index (κ3) is 5.34. The molecule has 1 aromatic heterocycles. The molecule has 2 amide bonds. The van der Waals surface area contributed by atoms with Gasteiger partial charge in [-0.1, -0.05) is 24.3 Å². The average molecular weight is 342 g/mol. The van der Waals surface area contributed by atoms with Crippen LogP contribution in [-0.2, 0) is 19.6 Å². The summed E-state index contributed by atoms with van der Waals surface area (Å²) in [5.74, 6) is 0.741. The van der Waals surface area contributed by atoms with Crippen LogP contribution in [0.5, 0.6) is 0 Å². The summed E-state index contributed by atoms with van der Waals surface area (Å²) in [5, 5.41) is 5.73. The Labute approximate surface area is 148 Å². The second-order valence-electron chi connectivity index (χ2n) is 6.46. The lowest BCUT2D eigenvalue weighted by molar-refractivity contribution is 0.148. The summed E-state index contributed by atoms with van der Waals surface area (Å²) >= 11 is 0. The molecule has 1 saturated heterocycles. The summed E-state index contributed by atoms with van der Waals surface area (Å²) < 4.78 is 5.21. The van der Waals surface area contributed by atoms with Crippen LogP contribution in [0.15, 0.2) is 47.1 Å². The quantitative estimate of drug-likeness (QED) is 0.843. The number of hydrogen-bond acceptors (Lipinski definition) is 4. The highest BCUT2D eigenvalue weighted by molar-refractivity contribution is 5.73. The maximum atomic E-state index is 12.0. The maximum Gasteiger partial charge on any atom is 0.315 e. The molecule has 0 radical (unpaired) electrons. The molecule has 1 fully saturated rings. The Morgan fingerprint density at radius 3 is 2.44 bits per heavy atom. The highest BCUT2D eigenvalue weighted by atomic mass is 16.3. The number of urea groups is 1. The molecule has 0 atom stereocenters. The zero-order chi connectivity index (χ0) is 17.5. The number of piperazine rings is 1. The van der Waals surface area contributed by atoms with Crippen molar-refractivity contribution in [3.8, 4) is 0 Å². The van der Waals surface area contributed by atoms with E-state index in [0.29, 0.717) is 13.1 Å². The topological polar surface area (TPSA) is 60.8 Å². The van der Waals surface area contributed by atoms with Crippen LogP contribution in [0.25, 0.3) is 0 Å². The molecular formula is C19H26N4O2. The number of furan rings is 1. The molecule has 0 saturated carbocycles. The molecule has 6 heteroatoms. The number of nitrogens with one attached hydrogen (secondary N) is 2. The Kier molecular flexibility index (Phi) is 6.09. The second-order valence-corrected chi connectivity index (χ2v) is 6.46. The first-order chi connectivity index (χ1) is 12.2. The fourth-order valence-electron chi connectivity index (χ4n) is 2.95. The fraction of sp³-hybridized carbons (Fsp3) is 0.421. The van der Waals surface area contributed by atoms with Crippen LogP contribution < -0.4 is 10.6 Å². The summed E-state index contributed by atoms with van der Waals surface area (Å²) in [4.78, 5) is 16.8. The van der Waals surface area contributed by atoms with Crippen LogP contribution in [0.1, 0.15) is 16.9 Å². The van der Waals surface area contributed by atoms with Gasteiger partial charge in [-0.2, -0.15) is 0 Å². The monoisotopic (exact) mass is 342 g/mol. The third-order valence-electron chi connectivity index (χ3n) is 4.55. The number of hydrogen-bond donors (Lipinski definition) is 2. The first-order valence-electron chi connectivity index (χ1n) is 8.72. The van der Waals surface area contributed by atoms with Gasteiger partial charge < -0.3 is 20.0 Å². The Hall–Kier alpha value is -2.31. The Morgan fingerprint density at radius 1 is 1.00 bits per heavy atom. The molecule has 25 heavy (non-hydrogen) atoms. The zero-order valence-corrected chi connectivity index (χ0v) is 14.7. The van der Waals surface area contributed by atoms with E-state index in [4.69, 9.17) is 4.42 Å². The summed E-state index contributed by atoms with van der Waals surface area (Å²) in [7, 11) is 2.16. The van der Waals surface area contributed by atoms with Crippen molar-refractivity contribution in [2.75, 3.05) is 33.2 Å². The fourth-order valence-corrected chi connectivity index (χ4v) is 2.95. The van der Waals surface area contributed by atoms with Crippen LogP contribution in [0, 0.1) is 0 Å². The van der Waals surface area contributed by atoms with Crippen LogP contribution in [0.2, 0.25) is 0 Å². The highest BCUT2D eigenvalue weighted by Gasteiger charge is 2.15. The van der Waals surface area contributed by atoms with Gasteiger partial charge in [0.05, 0.1) is 12.8 Å². The van der Waals surface area contributed by atoms with Crippen molar-refractivity contribution in [3.63, 3.8) is 0 Å². The summed E-state index contributed by atoms with van der Waals surface area (Å²) in [6.45, 7) is 6.23. The van der Waals surface area contributed by atoms with Gasteiger partial charge in [0.2, 0.25) is 0 Å². The predicted molar refractivity (Wildman–Crippen MR) is 97.0 cm³/mol. The van der Waals surface area contributed by atoms with E-state index in [-0.39, 0.29) is 6.03 Å². The van der Waals surface area contributed by atoms with Crippen LogP contribution >= 0.6 is 0 Å². The number of carbonyl (C=O) groups is 1. The standard InChI is InChI=1S/C19H26N4O2/c1-22-8-10-23(11-9-22)15-17-6-3-2-5-16(17)13-20-19(24)21-14-18-7-4-12-25-18/h2-7,12H,8-11,13-15H2,1H3,(H2,20,21,24). The number of benzene rings is 1. The second kappa shape index (κ2) is 8.69. The molecule has 0 spiro atoms. The molecule has 3 rings (SSSR count). The normalized spacial score (nSPS) is 15.9. The molecule has 0 bridgehead atoms. The van der Waals surface area contributed by atoms with E-state index in [2.05, 4.69) is 45.7 Å². The smallest absolute Gasteiger partial charge is 0.315 e. The van der Waals surface area contributed by atoms with E-state index in [1.54, 1.807) is 6.26 Å². The van der Waals surface area contributed by atoms with Crippen molar-refractivity contribution in [2.24, 2.45) is 0 Å². The molecule has 2 N–H and O–H groups in total. The van der Waals surface area contributed by atoms with Crippen LogP contribution in [0.4, 0.5) is 4.79 Å². The van der Waals surface area contributed by atoms with Crippen molar-refractivity contribution in [3.05, 3.63) is 59.5 Å². The van der Waals surface area contributed by atoms with Crippen molar-refractivity contribution in [1.82, 2.24) is 20.4 Å². The number of nitrogens with zero attached hydrogens (tertiary/aromatic N) is 2. The van der Waals surface area contributed by atoms with Crippen molar-refractivity contribution in [1.29, 1.82) is 0 Å². The van der Waals surface area contributed by atoms with E-state index in [9.17, 15) is 4.79 Å². The Morgan fingerprint density at radius 2 is 1.72 bits per heavy atom. The minimum atomic E-state index is -0.189. The van der Waals surface area contributed by atoms with E-state index in [0.717, 1.165) is 44.0 Å². The largest absolute Gasteiger partial charge is 0.467 e. The predicted octanol–water partition coefficient (Wildman–Crippen LogP) is 2.03. The lowest BCUT2D eigenvalue weighted by Crippen LogP contribution is -2.44. The van der Waals surface area contributed by atoms with Crippen LogP contribution in [-0.4, -0.2) is 49.1 Å². The Bertz CT molecular complexity index is 664. The lowest BCUT2D eigenvalue weighted by atomic mass is 10.1. The molecule has 0 aliphatic carbocycles. The highest BCUT2D eigenvalue weighted by Crippen LogP contribution is 2.13. The maximum absolute atomic E-state index is 12.0. The molecule has 2 aromatic rings. The zero-order valence-electron chi connectivity index (χ0n) is 14.7. The van der Waals surface area contributed by atoms with Gasteiger partial charge >= 0.3 is 6.03 Å². The van der Waals surface area contributed by atoms with E-state index in [1.165, 1.54) is 5.56 Å². The van der Waals surface area contributed by atoms with Gasteiger partial charge in [-0.3, -0.25) is 4.90 Å². The lowest BCUT2D eigenvalue weighted by Gasteiger charge is -2.32. The van der Waals surface area contributed by atoms with E-state index in [1.807, 2.05) is 18.2 Å². The molecule has 1 aliphatic heterocycles. The van der Waals surface area contributed by atoms with E-state index >= 15 is 0 Å². The summed E-state index contributed by atoms with van der Waals surface area (Å²) in [5.41, 5.74) is 2.44. The SMILES string of the molecule is CN1CCN(Cc2ccccc2CNC(=O)NCc2ccco2)CC1. The van der Waals surface area contributed by atoms with Gasteiger partial charge in [-0.15, -0.1) is 0 Å². The minimum Gasteiger partial charge on any atom is -0.467 e. The first kappa shape index (κ1) is 17.5. The number of carbonyl (C=O) groups excluding carboxylic acids is 1. The van der Waals surface area contributed by atoms with Gasteiger partial charge in [-0.05, 0) is 30.3 Å². The number of likely N-dealkylation sites (N-methyl/N-ethyl adjacent to an activating group) is 1. The van der Waals surface area contributed by atoms with Gasteiger partial charge in [0.15, 0.2) is 0 Å². The van der Waals surface area contributed by atoms with Crippen molar-refractivity contribution < 1.29 is 9.21 Å². The summed E-state index contributed by atoms with van der Waals surface area (Å²) in [6.07, 6.45) is 1.60. The number of amides is 2. The third-order valence-corrected chi connectivity index (χ3v) is 4.55. The Balaban J connectivity index is 1.49. The van der Waals surface area contributed by atoms with Crippen LogP contribution in [0.3, 0.4) is 0 Å². The molecule has 2 heterocycles. The van der Waals surface area contributed by atoms with Gasteiger partial charge in [0.25, 0.3) is 0 Å². The molecule has 1 aliphatic rings. The molecule has 134 valence electrons. The van der Waals surface area contributed by atoms with Gasteiger partial charge in [0.1, 0.15) is 5.76 Å².